The summed E-state index contributed by atoms with van der Waals surface area (Å²) in [6, 6.07) is 6.07. The molecule has 8 heteroatoms. The lowest BCUT2D eigenvalue weighted by Crippen LogP contribution is -2.31. The molecule has 2 aromatic heterocycles. The van der Waals surface area contributed by atoms with Crippen molar-refractivity contribution < 1.29 is 4.39 Å². The molecule has 1 aliphatic heterocycles. The Morgan fingerprint density at radius 2 is 1.59 bits per heavy atom. The van der Waals surface area contributed by atoms with Gasteiger partial charge in [0.15, 0.2) is 5.82 Å². The highest BCUT2D eigenvalue weighted by atomic mass is 19.1. The van der Waals surface area contributed by atoms with E-state index >= 15 is 0 Å². The van der Waals surface area contributed by atoms with Gasteiger partial charge in [-0.15, -0.1) is 25.5 Å². The fourth-order valence-electron chi connectivity index (χ4n) is 2.62. The Balaban J connectivity index is 1.77. The highest BCUT2D eigenvalue weighted by molar-refractivity contribution is 5.57. The summed E-state index contributed by atoms with van der Waals surface area (Å²) in [6.45, 7) is 1.86. The van der Waals surface area contributed by atoms with Crippen molar-refractivity contribution in [1.29, 1.82) is 0 Å². The van der Waals surface area contributed by atoms with Crippen LogP contribution >= 0.6 is 0 Å². The molecule has 1 fully saturated rings. The van der Waals surface area contributed by atoms with Gasteiger partial charge in [-0.25, -0.2) is 4.39 Å². The van der Waals surface area contributed by atoms with Crippen LogP contribution in [-0.2, 0) is 0 Å². The lowest BCUT2D eigenvalue weighted by Gasteiger charge is -2.25. The van der Waals surface area contributed by atoms with E-state index in [1.807, 2.05) is 0 Å². The molecule has 0 saturated carbocycles. The smallest absolute Gasteiger partial charge is 0.291 e. The van der Waals surface area contributed by atoms with Gasteiger partial charge in [0.2, 0.25) is 0 Å². The Morgan fingerprint density at radius 1 is 0.864 bits per heavy atom. The Labute approximate surface area is 125 Å². The Kier molecular flexibility index (Phi) is 3.14. The highest BCUT2D eigenvalue weighted by Crippen LogP contribution is 2.19. The van der Waals surface area contributed by atoms with Crippen LogP contribution < -0.4 is 4.90 Å². The molecule has 1 aromatic carbocycles. The Bertz CT molecular complexity index is 793. The largest absolute Gasteiger partial charge is 0.338 e. The standard InChI is InChI=1S/C14H14FN7/c15-11-6-4-10(5-7-11)12-16-17-13-18-19-14(20-22(12)13)21-8-2-1-3-9-21/h4-7H,1-3,8-9H2. The van der Waals surface area contributed by atoms with Crippen molar-refractivity contribution in [2.24, 2.45) is 0 Å². The third kappa shape index (κ3) is 2.26. The van der Waals surface area contributed by atoms with Gasteiger partial charge < -0.3 is 4.90 Å². The number of aromatic nitrogens is 6. The molecule has 1 saturated heterocycles. The molecule has 4 rings (SSSR count). The van der Waals surface area contributed by atoms with Crippen molar-refractivity contribution in [1.82, 2.24) is 30.0 Å². The molecule has 0 N–H and O–H groups in total. The monoisotopic (exact) mass is 299 g/mol. The number of halogens is 1. The van der Waals surface area contributed by atoms with E-state index in [2.05, 4.69) is 30.4 Å². The predicted molar refractivity (Wildman–Crippen MR) is 77.8 cm³/mol. The molecule has 7 nitrogen and oxygen atoms in total. The quantitative estimate of drug-likeness (QED) is 0.717. The summed E-state index contributed by atoms with van der Waals surface area (Å²) >= 11 is 0. The first-order chi connectivity index (χ1) is 10.8. The van der Waals surface area contributed by atoms with E-state index in [4.69, 9.17) is 0 Å². The molecule has 0 radical (unpaired) electrons. The van der Waals surface area contributed by atoms with Gasteiger partial charge in [0.1, 0.15) is 5.82 Å². The molecule has 0 amide bonds. The number of hydrogen-bond acceptors (Lipinski definition) is 6. The van der Waals surface area contributed by atoms with Crippen molar-refractivity contribution in [3.63, 3.8) is 0 Å². The zero-order valence-corrected chi connectivity index (χ0v) is 11.9. The summed E-state index contributed by atoms with van der Waals surface area (Å²) in [5.41, 5.74) is 0.735. The second-order valence-corrected chi connectivity index (χ2v) is 5.29. The molecule has 3 heterocycles. The molecule has 3 aromatic rings. The van der Waals surface area contributed by atoms with Gasteiger partial charge in [0.25, 0.3) is 11.7 Å². The zero-order chi connectivity index (χ0) is 14.9. The summed E-state index contributed by atoms with van der Waals surface area (Å²) in [7, 11) is 0. The first-order valence-corrected chi connectivity index (χ1v) is 7.28. The van der Waals surface area contributed by atoms with E-state index in [1.165, 1.54) is 18.6 Å². The molecule has 1 aliphatic rings. The molecular formula is C14H14FN7. The third-order valence-corrected chi connectivity index (χ3v) is 3.78. The number of rotatable bonds is 2. The van der Waals surface area contributed by atoms with Crippen LogP contribution in [0.3, 0.4) is 0 Å². The topological polar surface area (TPSA) is 72.1 Å². The van der Waals surface area contributed by atoms with Crippen molar-refractivity contribution in [2.75, 3.05) is 18.0 Å². The van der Waals surface area contributed by atoms with Crippen LogP contribution in [0.25, 0.3) is 17.2 Å². The molecule has 0 bridgehead atoms. The number of piperidine rings is 1. The van der Waals surface area contributed by atoms with E-state index in [-0.39, 0.29) is 5.82 Å². The molecule has 22 heavy (non-hydrogen) atoms. The van der Waals surface area contributed by atoms with Crippen LogP contribution in [0.4, 0.5) is 10.3 Å². The lowest BCUT2D eigenvalue weighted by molar-refractivity contribution is 0.560. The predicted octanol–water partition coefficient (Wildman–Crippen LogP) is 1.71. The number of benzene rings is 1. The van der Waals surface area contributed by atoms with Crippen LogP contribution in [0.15, 0.2) is 24.3 Å². The van der Waals surface area contributed by atoms with Crippen LogP contribution in [-0.4, -0.2) is 43.1 Å². The van der Waals surface area contributed by atoms with Gasteiger partial charge in [0, 0.05) is 18.7 Å². The van der Waals surface area contributed by atoms with Gasteiger partial charge in [-0.2, -0.15) is 4.52 Å². The van der Waals surface area contributed by atoms with Crippen molar-refractivity contribution in [2.45, 2.75) is 19.3 Å². The van der Waals surface area contributed by atoms with Crippen molar-refractivity contribution in [3.05, 3.63) is 30.1 Å². The SMILES string of the molecule is Fc1ccc(-c2nnc3nnc(N4CCCCC4)nn23)cc1. The van der Waals surface area contributed by atoms with Gasteiger partial charge in [-0.05, 0) is 43.5 Å². The molecule has 112 valence electrons. The van der Waals surface area contributed by atoms with E-state index < -0.39 is 0 Å². The number of hydrogen-bond donors (Lipinski definition) is 0. The number of anilines is 1. The Hall–Kier alpha value is -2.64. The van der Waals surface area contributed by atoms with Crippen LogP contribution in [0.5, 0.6) is 0 Å². The summed E-state index contributed by atoms with van der Waals surface area (Å²) in [5, 5.41) is 20.8. The van der Waals surface area contributed by atoms with E-state index in [1.54, 1.807) is 16.6 Å². The molecular weight excluding hydrogens is 285 g/mol. The zero-order valence-electron chi connectivity index (χ0n) is 11.9. The maximum Gasteiger partial charge on any atom is 0.291 e. The van der Waals surface area contributed by atoms with E-state index in [9.17, 15) is 4.39 Å². The molecule has 0 spiro atoms. The molecule has 0 atom stereocenters. The maximum atomic E-state index is 13.1. The molecule has 0 unspecified atom stereocenters. The van der Waals surface area contributed by atoms with Gasteiger partial charge in [0.05, 0.1) is 0 Å². The third-order valence-electron chi connectivity index (χ3n) is 3.78. The van der Waals surface area contributed by atoms with E-state index in [0.717, 1.165) is 31.5 Å². The second-order valence-electron chi connectivity index (χ2n) is 5.29. The molecule has 0 aliphatic carbocycles. The summed E-state index contributed by atoms with van der Waals surface area (Å²) in [4.78, 5) is 2.12. The minimum absolute atomic E-state index is 0.292. The van der Waals surface area contributed by atoms with Gasteiger partial charge in [-0.3, -0.25) is 0 Å². The van der Waals surface area contributed by atoms with Crippen molar-refractivity contribution >= 4 is 11.7 Å². The average Bonchev–Trinajstić information content (AvgIpc) is 2.99. The van der Waals surface area contributed by atoms with Gasteiger partial charge in [-0.1, -0.05) is 0 Å². The Morgan fingerprint density at radius 3 is 2.36 bits per heavy atom. The summed E-state index contributed by atoms with van der Waals surface area (Å²) in [5.74, 6) is 1.15. The number of nitrogens with zero attached hydrogens (tertiary/aromatic N) is 7. The number of fused-ring (bicyclic) bond motifs is 1. The normalized spacial score (nSPS) is 15.4. The minimum atomic E-state index is -0.292. The second kappa shape index (κ2) is 5.28. The van der Waals surface area contributed by atoms with Crippen LogP contribution in [0, 0.1) is 5.82 Å². The van der Waals surface area contributed by atoms with Crippen LogP contribution in [0.1, 0.15) is 19.3 Å². The summed E-state index contributed by atoms with van der Waals surface area (Å²) in [6.07, 6.45) is 3.50. The average molecular weight is 299 g/mol. The fraction of sp³-hybridized carbons (Fsp3) is 0.357. The van der Waals surface area contributed by atoms with Gasteiger partial charge >= 0.3 is 0 Å². The highest BCUT2D eigenvalue weighted by Gasteiger charge is 2.17. The summed E-state index contributed by atoms with van der Waals surface area (Å²) < 4.78 is 14.6. The maximum absolute atomic E-state index is 13.1. The first kappa shape index (κ1) is 13.1. The minimum Gasteiger partial charge on any atom is -0.338 e. The first-order valence-electron chi connectivity index (χ1n) is 7.28. The van der Waals surface area contributed by atoms with E-state index in [0.29, 0.717) is 17.6 Å². The van der Waals surface area contributed by atoms with Crippen molar-refractivity contribution in [3.8, 4) is 11.4 Å². The van der Waals surface area contributed by atoms with Crippen LogP contribution in [0.2, 0.25) is 0 Å². The lowest BCUT2D eigenvalue weighted by atomic mass is 10.1. The fourth-order valence-corrected chi connectivity index (χ4v) is 2.62.